The highest BCUT2D eigenvalue weighted by Gasteiger charge is 2.23. The van der Waals surface area contributed by atoms with Gasteiger partial charge in [0.05, 0.1) is 16.8 Å². The Morgan fingerprint density at radius 1 is 1.26 bits per heavy atom. The minimum absolute atomic E-state index is 0.0629. The molecule has 0 bridgehead atoms. The van der Waals surface area contributed by atoms with Gasteiger partial charge in [-0.05, 0) is 49.1 Å². The van der Waals surface area contributed by atoms with Crippen LogP contribution in [0.3, 0.4) is 0 Å². The number of piperidine rings is 1. The summed E-state index contributed by atoms with van der Waals surface area (Å²) >= 11 is 5.91. The Balaban J connectivity index is 1.45. The summed E-state index contributed by atoms with van der Waals surface area (Å²) in [5.41, 5.74) is -0.130. The topological polar surface area (TPSA) is 62.6 Å². The quantitative estimate of drug-likeness (QED) is 0.791. The van der Waals surface area contributed by atoms with Gasteiger partial charge >= 0.3 is 0 Å². The number of hydrogen-bond donors (Lipinski definition) is 1. The number of nitrogens with one attached hydrogen (secondary N) is 1. The molecule has 0 spiro atoms. The van der Waals surface area contributed by atoms with E-state index >= 15 is 0 Å². The van der Waals surface area contributed by atoms with Crippen LogP contribution in [0.1, 0.15) is 29.0 Å². The van der Waals surface area contributed by atoms with Crippen molar-refractivity contribution in [3.05, 3.63) is 64.8 Å². The first-order valence-electron chi connectivity index (χ1n) is 8.77. The minimum atomic E-state index is -0.635. The smallest absolute Gasteiger partial charge is 0.255 e. The summed E-state index contributed by atoms with van der Waals surface area (Å²) in [5, 5.41) is 2.84. The lowest BCUT2D eigenvalue weighted by atomic mass is 9.96. The number of benzene rings is 1. The second-order valence-corrected chi connectivity index (χ2v) is 6.83. The summed E-state index contributed by atoms with van der Waals surface area (Å²) in [7, 11) is 0. The van der Waals surface area contributed by atoms with E-state index in [9.17, 15) is 14.0 Å². The highest BCUT2D eigenvalue weighted by Crippen LogP contribution is 2.20. The number of likely N-dealkylation sites (tertiary alicyclic amines) is 1. The van der Waals surface area contributed by atoms with Gasteiger partial charge in [0.2, 0.25) is 5.91 Å². The van der Waals surface area contributed by atoms with Crippen LogP contribution < -0.4 is 5.32 Å². The van der Waals surface area contributed by atoms with Crippen LogP contribution in [0.2, 0.25) is 5.02 Å². The van der Waals surface area contributed by atoms with Gasteiger partial charge < -0.3 is 14.6 Å². The van der Waals surface area contributed by atoms with E-state index in [1.165, 1.54) is 24.3 Å². The lowest BCUT2D eigenvalue weighted by Gasteiger charge is -2.31. The fourth-order valence-corrected chi connectivity index (χ4v) is 3.29. The van der Waals surface area contributed by atoms with E-state index < -0.39 is 11.7 Å². The van der Waals surface area contributed by atoms with Crippen molar-refractivity contribution in [3.63, 3.8) is 0 Å². The van der Waals surface area contributed by atoms with Gasteiger partial charge in [-0.15, -0.1) is 0 Å². The van der Waals surface area contributed by atoms with Gasteiger partial charge in [0.15, 0.2) is 0 Å². The van der Waals surface area contributed by atoms with E-state index in [0.717, 1.165) is 12.8 Å². The number of hydrogen-bond acceptors (Lipinski definition) is 3. The second kappa shape index (κ2) is 8.86. The molecule has 1 N–H and O–H groups in total. The summed E-state index contributed by atoms with van der Waals surface area (Å²) in [6, 6.07) is 7.70. The van der Waals surface area contributed by atoms with Crippen LogP contribution in [-0.4, -0.2) is 36.3 Å². The van der Waals surface area contributed by atoms with Gasteiger partial charge in [-0.2, -0.15) is 0 Å². The fourth-order valence-electron chi connectivity index (χ4n) is 3.04. The molecule has 0 radical (unpaired) electrons. The van der Waals surface area contributed by atoms with Crippen molar-refractivity contribution in [2.24, 2.45) is 5.92 Å². The molecule has 5 nitrogen and oxygen atoms in total. The molecule has 142 valence electrons. The molecule has 1 aliphatic heterocycles. The maximum absolute atomic E-state index is 13.8. The van der Waals surface area contributed by atoms with Crippen LogP contribution in [0, 0.1) is 11.7 Å². The van der Waals surface area contributed by atoms with Crippen LogP contribution in [0.4, 0.5) is 4.39 Å². The van der Waals surface area contributed by atoms with Crippen molar-refractivity contribution in [3.8, 4) is 0 Å². The lowest BCUT2D eigenvalue weighted by molar-refractivity contribution is -0.127. The average Bonchev–Trinajstić information content (AvgIpc) is 3.18. The molecule has 0 atom stereocenters. The minimum Gasteiger partial charge on any atom is -0.465 e. The number of rotatable bonds is 5. The fraction of sp³-hybridized carbons (Fsp3) is 0.300. The Morgan fingerprint density at radius 2 is 2.04 bits per heavy atom. The van der Waals surface area contributed by atoms with Crippen molar-refractivity contribution < 1.29 is 18.4 Å². The van der Waals surface area contributed by atoms with Gasteiger partial charge in [0, 0.05) is 25.7 Å². The van der Waals surface area contributed by atoms with E-state index in [4.69, 9.17) is 16.0 Å². The largest absolute Gasteiger partial charge is 0.465 e. The summed E-state index contributed by atoms with van der Waals surface area (Å²) in [5.74, 6) is -0.348. The van der Waals surface area contributed by atoms with Gasteiger partial charge in [-0.1, -0.05) is 17.7 Å². The monoisotopic (exact) mass is 390 g/mol. The standard InChI is InChI=1S/C20H20ClFN2O3/c21-16-4-1-5-17(22)19(16)20(26)23-13-14-8-10-24(11-9-14)18(25)7-6-15-3-2-12-27-15/h1-7,12,14H,8-11,13H2,(H,23,26)/b7-6+. The zero-order valence-electron chi connectivity index (χ0n) is 14.7. The molecule has 0 unspecified atom stereocenters. The molecule has 1 saturated heterocycles. The third-order valence-corrected chi connectivity index (χ3v) is 4.92. The Bertz CT molecular complexity index is 808. The first-order chi connectivity index (χ1) is 13.0. The normalized spacial score (nSPS) is 15.3. The molecular weight excluding hydrogens is 371 g/mol. The van der Waals surface area contributed by atoms with E-state index in [1.807, 2.05) is 0 Å². The van der Waals surface area contributed by atoms with Gasteiger partial charge in [0.25, 0.3) is 5.91 Å². The highest BCUT2D eigenvalue weighted by molar-refractivity contribution is 6.33. The molecular formula is C20H20ClFN2O3. The van der Waals surface area contributed by atoms with E-state index in [0.29, 0.717) is 25.4 Å². The number of amides is 2. The Morgan fingerprint density at radius 3 is 2.70 bits per heavy atom. The SMILES string of the molecule is O=C(NCC1CCN(C(=O)/C=C/c2ccco2)CC1)c1c(F)cccc1Cl. The molecule has 2 heterocycles. The third-order valence-electron chi connectivity index (χ3n) is 4.60. The number of furan rings is 1. The second-order valence-electron chi connectivity index (χ2n) is 6.42. The number of carbonyl (C=O) groups is 2. The molecule has 1 aromatic heterocycles. The molecule has 1 aromatic carbocycles. The molecule has 27 heavy (non-hydrogen) atoms. The summed E-state index contributed by atoms with van der Waals surface area (Å²) < 4.78 is 18.9. The predicted octanol–water partition coefficient (Wildman–Crippen LogP) is 3.75. The third kappa shape index (κ3) is 4.98. The number of halogens is 2. The molecule has 0 saturated carbocycles. The molecule has 2 aromatic rings. The molecule has 3 rings (SSSR count). The average molecular weight is 391 g/mol. The zero-order chi connectivity index (χ0) is 19.2. The highest BCUT2D eigenvalue weighted by atomic mass is 35.5. The molecule has 7 heteroatoms. The first kappa shape index (κ1) is 19.2. The van der Waals surface area contributed by atoms with Gasteiger partial charge in [-0.3, -0.25) is 9.59 Å². The Kier molecular flexibility index (Phi) is 6.29. The maximum Gasteiger partial charge on any atom is 0.255 e. The van der Waals surface area contributed by atoms with Crippen LogP contribution in [-0.2, 0) is 4.79 Å². The molecule has 1 aliphatic rings. The molecule has 1 fully saturated rings. The van der Waals surface area contributed by atoms with Crippen LogP contribution in [0.5, 0.6) is 0 Å². The van der Waals surface area contributed by atoms with Crippen molar-refractivity contribution in [1.29, 1.82) is 0 Å². The number of nitrogens with zero attached hydrogens (tertiary/aromatic N) is 1. The molecule has 0 aliphatic carbocycles. The lowest BCUT2D eigenvalue weighted by Crippen LogP contribution is -2.41. The van der Waals surface area contributed by atoms with Gasteiger partial charge in [-0.25, -0.2) is 4.39 Å². The Hall–Kier alpha value is -2.60. The van der Waals surface area contributed by atoms with Crippen LogP contribution in [0.25, 0.3) is 6.08 Å². The summed E-state index contributed by atoms with van der Waals surface area (Å²) in [6.45, 7) is 1.65. The van der Waals surface area contributed by atoms with E-state index in [2.05, 4.69) is 5.32 Å². The van der Waals surface area contributed by atoms with E-state index in [-0.39, 0.29) is 22.4 Å². The van der Waals surface area contributed by atoms with Crippen molar-refractivity contribution >= 4 is 29.5 Å². The predicted molar refractivity (Wildman–Crippen MR) is 101 cm³/mol. The molecule has 2 amide bonds. The van der Waals surface area contributed by atoms with Crippen molar-refractivity contribution in [2.45, 2.75) is 12.8 Å². The first-order valence-corrected chi connectivity index (χ1v) is 9.15. The number of carbonyl (C=O) groups excluding carboxylic acids is 2. The van der Waals surface area contributed by atoms with Crippen LogP contribution in [0.15, 0.2) is 47.1 Å². The van der Waals surface area contributed by atoms with Gasteiger partial charge in [0.1, 0.15) is 11.6 Å². The van der Waals surface area contributed by atoms with Crippen molar-refractivity contribution in [2.75, 3.05) is 19.6 Å². The van der Waals surface area contributed by atoms with Crippen molar-refractivity contribution in [1.82, 2.24) is 10.2 Å². The summed E-state index contributed by atoms with van der Waals surface area (Å²) in [4.78, 5) is 26.1. The summed E-state index contributed by atoms with van der Waals surface area (Å²) in [6.07, 6.45) is 6.24. The van der Waals surface area contributed by atoms with E-state index in [1.54, 1.807) is 29.4 Å². The maximum atomic E-state index is 13.8. The van der Waals surface area contributed by atoms with Crippen LogP contribution >= 0.6 is 11.6 Å². The Labute approximate surface area is 161 Å². The zero-order valence-corrected chi connectivity index (χ0v) is 15.4.